The SMILES string of the molecule is COC(=O)C(C)(C)n1nc(C(N)=O)c2ccc3cnc(SC)nc3c21. The molecule has 2 heterocycles. The van der Waals surface area contributed by atoms with Gasteiger partial charge in [-0.2, -0.15) is 5.10 Å². The standard InChI is InChI=1S/C16H17N5O3S/c1-16(2,14(23)24-3)21-12-9(11(20-21)13(17)22)6-5-8-7-18-15(25-4)19-10(8)12/h5-7H,1-4H3,(H2,17,22). The minimum Gasteiger partial charge on any atom is -0.467 e. The van der Waals surface area contributed by atoms with Crippen molar-refractivity contribution in [3.8, 4) is 0 Å². The lowest BCUT2D eigenvalue weighted by Gasteiger charge is -2.23. The quantitative estimate of drug-likeness (QED) is 0.428. The number of hydrogen-bond acceptors (Lipinski definition) is 7. The average molecular weight is 359 g/mol. The number of carbonyl (C=O) groups excluding carboxylic acids is 2. The van der Waals surface area contributed by atoms with Crippen LogP contribution >= 0.6 is 11.8 Å². The Labute approximate surface area is 147 Å². The zero-order chi connectivity index (χ0) is 18.4. The smallest absolute Gasteiger partial charge is 0.333 e. The number of primary amides is 1. The fraction of sp³-hybridized carbons (Fsp3) is 0.312. The molecule has 25 heavy (non-hydrogen) atoms. The van der Waals surface area contributed by atoms with Gasteiger partial charge in [0.25, 0.3) is 5.91 Å². The summed E-state index contributed by atoms with van der Waals surface area (Å²) in [5.74, 6) is -1.17. The van der Waals surface area contributed by atoms with Gasteiger partial charge in [0.1, 0.15) is 5.52 Å². The van der Waals surface area contributed by atoms with Crippen molar-refractivity contribution in [1.29, 1.82) is 0 Å². The highest BCUT2D eigenvalue weighted by Crippen LogP contribution is 2.31. The van der Waals surface area contributed by atoms with Gasteiger partial charge in [-0.15, -0.1) is 0 Å². The number of methoxy groups -OCH3 is 1. The van der Waals surface area contributed by atoms with Crippen LogP contribution in [0, 0.1) is 0 Å². The summed E-state index contributed by atoms with van der Waals surface area (Å²) in [6.45, 7) is 3.32. The number of carbonyl (C=O) groups is 2. The van der Waals surface area contributed by atoms with Crippen LogP contribution in [0.4, 0.5) is 0 Å². The van der Waals surface area contributed by atoms with Gasteiger partial charge in [0.05, 0.1) is 12.6 Å². The Morgan fingerprint density at radius 2 is 2.04 bits per heavy atom. The van der Waals surface area contributed by atoms with E-state index in [9.17, 15) is 9.59 Å². The number of amides is 1. The highest BCUT2D eigenvalue weighted by molar-refractivity contribution is 7.98. The van der Waals surface area contributed by atoms with Crippen LogP contribution in [0.1, 0.15) is 24.3 Å². The third kappa shape index (κ3) is 2.60. The Morgan fingerprint density at radius 3 is 2.64 bits per heavy atom. The monoisotopic (exact) mass is 359 g/mol. The third-order valence-corrected chi connectivity index (χ3v) is 4.56. The molecule has 130 valence electrons. The van der Waals surface area contributed by atoms with Crippen LogP contribution in [-0.2, 0) is 15.1 Å². The summed E-state index contributed by atoms with van der Waals surface area (Å²) in [5.41, 5.74) is 5.54. The van der Waals surface area contributed by atoms with E-state index in [1.54, 1.807) is 32.2 Å². The number of fused-ring (bicyclic) bond motifs is 3. The van der Waals surface area contributed by atoms with Crippen molar-refractivity contribution in [2.24, 2.45) is 5.73 Å². The lowest BCUT2D eigenvalue weighted by Crippen LogP contribution is -2.38. The third-order valence-electron chi connectivity index (χ3n) is 4.00. The second-order valence-electron chi connectivity index (χ2n) is 5.93. The molecule has 2 aromatic heterocycles. The minimum atomic E-state index is -1.15. The number of thioether (sulfide) groups is 1. The van der Waals surface area contributed by atoms with E-state index >= 15 is 0 Å². The molecule has 0 spiro atoms. The van der Waals surface area contributed by atoms with Crippen LogP contribution in [0.5, 0.6) is 0 Å². The summed E-state index contributed by atoms with van der Waals surface area (Å²) in [5, 5.41) is 6.18. The Hall–Kier alpha value is -2.68. The molecule has 0 aliphatic carbocycles. The average Bonchev–Trinajstić information content (AvgIpc) is 3.01. The zero-order valence-electron chi connectivity index (χ0n) is 14.2. The molecule has 8 nitrogen and oxygen atoms in total. The van der Waals surface area contributed by atoms with E-state index in [1.165, 1.54) is 23.6 Å². The van der Waals surface area contributed by atoms with Gasteiger partial charge in [-0.3, -0.25) is 4.79 Å². The van der Waals surface area contributed by atoms with Crippen LogP contribution in [0.3, 0.4) is 0 Å². The van der Waals surface area contributed by atoms with E-state index < -0.39 is 17.4 Å². The molecule has 0 radical (unpaired) electrons. The van der Waals surface area contributed by atoms with Crippen molar-refractivity contribution in [3.63, 3.8) is 0 Å². The van der Waals surface area contributed by atoms with Gasteiger partial charge in [0.15, 0.2) is 16.4 Å². The highest BCUT2D eigenvalue weighted by Gasteiger charge is 2.35. The van der Waals surface area contributed by atoms with Gasteiger partial charge in [0, 0.05) is 17.0 Å². The molecule has 0 unspecified atom stereocenters. The first-order chi connectivity index (χ1) is 11.8. The molecule has 3 rings (SSSR count). The molecule has 0 fully saturated rings. The summed E-state index contributed by atoms with van der Waals surface area (Å²) in [6, 6.07) is 3.53. The molecule has 2 N–H and O–H groups in total. The van der Waals surface area contributed by atoms with Gasteiger partial charge in [-0.1, -0.05) is 17.8 Å². The summed E-state index contributed by atoms with van der Waals surface area (Å²) in [7, 11) is 1.30. The molecule has 0 atom stereocenters. The van der Waals surface area contributed by atoms with Crippen LogP contribution < -0.4 is 5.73 Å². The number of nitrogens with zero attached hydrogens (tertiary/aromatic N) is 4. The molecule has 3 aromatic rings. The Morgan fingerprint density at radius 1 is 1.32 bits per heavy atom. The maximum Gasteiger partial charge on any atom is 0.333 e. The number of aromatic nitrogens is 4. The molecular weight excluding hydrogens is 342 g/mol. The summed E-state index contributed by atoms with van der Waals surface area (Å²) in [6.07, 6.45) is 3.56. The van der Waals surface area contributed by atoms with Crippen molar-refractivity contribution in [2.45, 2.75) is 24.5 Å². The molecule has 0 saturated carbocycles. The van der Waals surface area contributed by atoms with Crippen molar-refractivity contribution in [3.05, 3.63) is 24.0 Å². The van der Waals surface area contributed by atoms with Gasteiger partial charge < -0.3 is 10.5 Å². The predicted molar refractivity (Wildman–Crippen MR) is 94.5 cm³/mol. The summed E-state index contributed by atoms with van der Waals surface area (Å²) in [4.78, 5) is 32.9. The fourth-order valence-electron chi connectivity index (χ4n) is 2.70. The number of esters is 1. The predicted octanol–water partition coefficient (Wildman–Crippen LogP) is 1.71. The summed E-state index contributed by atoms with van der Waals surface area (Å²) < 4.78 is 6.34. The van der Waals surface area contributed by atoms with Crippen LogP contribution in [0.2, 0.25) is 0 Å². The van der Waals surface area contributed by atoms with E-state index in [2.05, 4.69) is 15.1 Å². The van der Waals surface area contributed by atoms with Crippen molar-refractivity contribution in [2.75, 3.05) is 13.4 Å². The lowest BCUT2D eigenvalue weighted by atomic mass is 10.1. The Balaban J connectivity index is 2.49. The second kappa shape index (κ2) is 5.99. The molecule has 1 amide bonds. The van der Waals surface area contributed by atoms with E-state index in [-0.39, 0.29) is 5.69 Å². The first-order valence-electron chi connectivity index (χ1n) is 7.42. The first kappa shape index (κ1) is 17.2. The maximum atomic E-state index is 12.3. The largest absolute Gasteiger partial charge is 0.467 e. The molecule has 0 aliphatic heterocycles. The van der Waals surface area contributed by atoms with Crippen molar-refractivity contribution >= 4 is 45.4 Å². The Kier molecular flexibility index (Phi) is 4.11. The second-order valence-corrected chi connectivity index (χ2v) is 6.70. The Bertz CT molecular complexity index is 1010. The van der Waals surface area contributed by atoms with E-state index in [1.807, 2.05) is 6.26 Å². The van der Waals surface area contributed by atoms with Crippen molar-refractivity contribution < 1.29 is 14.3 Å². The number of rotatable bonds is 4. The number of nitrogens with two attached hydrogens (primary N) is 1. The van der Waals surface area contributed by atoms with E-state index in [0.29, 0.717) is 21.6 Å². The number of benzene rings is 1. The number of hydrogen-bond donors (Lipinski definition) is 1. The van der Waals surface area contributed by atoms with E-state index in [4.69, 9.17) is 10.5 Å². The van der Waals surface area contributed by atoms with Gasteiger partial charge in [0.2, 0.25) is 0 Å². The molecular formula is C16H17N5O3S. The molecule has 9 heteroatoms. The van der Waals surface area contributed by atoms with Gasteiger partial charge >= 0.3 is 5.97 Å². The fourth-order valence-corrected chi connectivity index (χ4v) is 3.04. The van der Waals surface area contributed by atoms with Crippen molar-refractivity contribution in [1.82, 2.24) is 19.7 Å². The van der Waals surface area contributed by atoms with Crippen LogP contribution in [0.15, 0.2) is 23.5 Å². The first-order valence-corrected chi connectivity index (χ1v) is 8.65. The molecule has 0 saturated heterocycles. The molecule has 0 aliphatic rings. The summed E-state index contributed by atoms with van der Waals surface area (Å²) >= 11 is 1.39. The highest BCUT2D eigenvalue weighted by atomic mass is 32.2. The van der Waals surface area contributed by atoms with Crippen LogP contribution in [-0.4, -0.2) is 45.0 Å². The van der Waals surface area contributed by atoms with Gasteiger partial charge in [-0.25, -0.2) is 19.4 Å². The van der Waals surface area contributed by atoms with E-state index in [0.717, 1.165) is 5.39 Å². The minimum absolute atomic E-state index is 0.0817. The topological polar surface area (TPSA) is 113 Å². The number of ether oxygens (including phenoxy) is 1. The van der Waals surface area contributed by atoms with Crippen LogP contribution in [0.25, 0.3) is 21.8 Å². The maximum absolute atomic E-state index is 12.3. The normalized spacial score (nSPS) is 11.8. The molecule has 1 aromatic carbocycles. The lowest BCUT2D eigenvalue weighted by molar-refractivity contribution is -0.149. The zero-order valence-corrected chi connectivity index (χ0v) is 15.0. The van der Waals surface area contributed by atoms with Gasteiger partial charge in [-0.05, 0) is 26.2 Å². The molecule has 0 bridgehead atoms.